The predicted octanol–water partition coefficient (Wildman–Crippen LogP) is 1.90. The van der Waals surface area contributed by atoms with Gasteiger partial charge in [0.1, 0.15) is 11.5 Å². The molecule has 0 spiro atoms. The summed E-state index contributed by atoms with van der Waals surface area (Å²) in [5.41, 5.74) is 0.861. The molecule has 1 aromatic carbocycles. The van der Waals surface area contributed by atoms with Gasteiger partial charge < -0.3 is 19.1 Å². The molecule has 0 unspecified atom stereocenters. The lowest BCUT2D eigenvalue weighted by Crippen LogP contribution is -2.26. The molecule has 5 nitrogen and oxygen atoms in total. The Morgan fingerprint density at radius 3 is 2.47 bits per heavy atom. The van der Waals surface area contributed by atoms with Crippen LogP contribution in [0.15, 0.2) is 18.2 Å². The van der Waals surface area contributed by atoms with Gasteiger partial charge in [0.05, 0.1) is 27.9 Å². The van der Waals surface area contributed by atoms with Gasteiger partial charge in [-0.3, -0.25) is 0 Å². The largest absolute Gasteiger partial charge is 0.497 e. The third-order valence-corrected chi connectivity index (χ3v) is 2.38. The zero-order valence-electron chi connectivity index (χ0n) is 10.5. The van der Waals surface area contributed by atoms with E-state index in [1.54, 1.807) is 33.4 Å². The van der Waals surface area contributed by atoms with Crippen molar-refractivity contribution in [2.24, 2.45) is 0 Å². The molecule has 1 aromatic rings. The Hall–Kier alpha value is -1.91. The van der Waals surface area contributed by atoms with Gasteiger partial charge in [0, 0.05) is 12.6 Å². The van der Waals surface area contributed by atoms with Gasteiger partial charge in [-0.1, -0.05) is 0 Å². The van der Waals surface area contributed by atoms with Gasteiger partial charge in [-0.2, -0.15) is 0 Å². The summed E-state index contributed by atoms with van der Waals surface area (Å²) >= 11 is 0. The first-order valence-corrected chi connectivity index (χ1v) is 5.12. The third-order valence-electron chi connectivity index (χ3n) is 2.38. The van der Waals surface area contributed by atoms with E-state index in [4.69, 9.17) is 9.47 Å². The van der Waals surface area contributed by atoms with Crippen molar-refractivity contribution in [3.63, 3.8) is 0 Å². The van der Waals surface area contributed by atoms with Gasteiger partial charge in [0.2, 0.25) is 0 Å². The number of carbonyl (C=O) groups excluding carboxylic acids is 1. The molecule has 0 atom stereocenters. The normalized spacial score (nSPS) is 9.65. The van der Waals surface area contributed by atoms with E-state index in [-0.39, 0.29) is 0 Å². The molecule has 0 radical (unpaired) electrons. The zero-order chi connectivity index (χ0) is 12.8. The topological polar surface area (TPSA) is 48.0 Å². The lowest BCUT2D eigenvalue weighted by Gasteiger charge is -2.17. The number of rotatable bonds is 4. The minimum Gasteiger partial charge on any atom is -0.497 e. The maximum absolute atomic E-state index is 11.3. The minimum absolute atomic E-state index is 0.394. The van der Waals surface area contributed by atoms with Crippen molar-refractivity contribution < 1.29 is 19.0 Å². The van der Waals surface area contributed by atoms with E-state index < -0.39 is 6.09 Å². The lowest BCUT2D eigenvalue weighted by molar-refractivity contribution is 0.131. The van der Waals surface area contributed by atoms with Crippen LogP contribution in [0.3, 0.4) is 0 Å². The molecular weight excluding hydrogens is 222 g/mol. The Balaban J connectivity index is 2.91. The summed E-state index contributed by atoms with van der Waals surface area (Å²) in [4.78, 5) is 12.8. The molecular formula is C12H17NO4. The fraction of sp³-hybridized carbons (Fsp3) is 0.417. The quantitative estimate of drug-likeness (QED) is 0.805. The maximum atomic E-state index is 11.3. The van der Waals surface area contributed by atoms with Crippen LogP contribution in [-0.2, 0) is 11.3 Å². The molecule has 5 heteroatoms. The van der Waals surface area contributed by atoms with E-state index in [2.05, 4.69) is 4.74 Å². The van der Waals surface area contributed by atoms with Crippen LogP contribution in [0.4, 0.5) is 4.79 Å². The van der Waals surface area contributed by atoms with Gasteiger partial charge in [-0.15, -0.1) is 0 Å². The van der Waals surface area contributed by atoms with Crippen LogP contribution in [0.5, 0.6) is 11.5 Å². The fourth-order valence-corrected chi connectivity index (χ4v) is 1.48. The second kappa shape index (κ2) is 5.98. The Labute approximate surface area is 101 Å². The van der Waals surface area contributed by atoms with Crippen LogP contribution in [0.2, 0.25) is 0 Å². The average molecular weight is 239 g/mol. The maximum Gasteiger partial charge on any atom is 0.409 e. The number of ether oxygens (including phenoxy) is 3. The van der Waals surface area contributed by atoms with Crippen LogP contribution in [0, 0.1) is 0 Å². The van der Waals surface area contributed by atoms with E-state index in [1.807, 2.05) is 6.07 Å². The highest BCUT2D eigenvalue weighted by atomic mass is 16.5. The molecule has 0 aliphatic rings. The summed E-state index contributed by atoms with van der Waals surface area (Å²) in [5, 5.41) is 0. The van der Waals surface area contributed by atoms with Gasteiger partial charge >= 0.3 is 6.09 Å². The second-order valence-corrected chi connectivity index (χ2v) is 3.50. The van der Waals surface area contributed by atoms with Gasteiger partial charge in [0.25, 0.3) is 0 Å². The summed E-state index contributed by atoms with van der Waals surface area (Å²) in [6.07, 6.45) is -0.394. The predicted molar refractivity (Wildman–Crippen MR) is 63.4 cm³/mol. The van der Waals surface area contributed by atoms with Crippen LogP contribution >= 0.6 is 0 Å². The number of nitrogens with zero attached hydrogens (tertiary/aromatic N) is 1. The summed E-state index contributed by atoms with van der Waals surface area (Å²) < 4.78 is 15.0. The molecule has 0 aromatic heterocycles. The summed E-state index contributed by atoms with van der Waals surface area (Å²) in [6, 6.07) is 5.44. The Kier molecular flexibility index (Phi) is 4.63. The monoisotopic (exact) mass is 239 g/mol. The van der Waals surface area contributed by atoms with Crippen LogP contribution in [-0.4, -0.2) is 39.4 Å². The molecule has 17 heavy (non-hydrogen) atoms. The molecule has 0 bridgehead atoms. The van der Waals surface area contributed by atoms with Crippen molar-refractivity contribution in [3.05, 3.63) is 23.8 Å². The molecule has 0 saturated heterocycles. The minimum atomic E-state index is -0.394. The highest BCUT2D eigenvalue weighted by Gasteiger charge is 2.12. The van der Waals surface area contributed by atoms with Gasteiger partial charge in [-0.05, 0) is 18.2 Å². The summed E-state index contributed by atoms with van der Waals surface area (Å²) in [5.74, 6) is 1.43. The number of hydrogen-bond donors (Lipinski definition) is 0. The van der Waals surface area contributed by atoms with E-state index in [1.165, 1.54) is 12.0 Å². The van der Waals surface area contributed by atoms with E-state index in [0.717, 1.165) is 11.3 Å². The molecule has 94 valence electrons. The zero-order valence-corrected chi connectivity index (χ0v) is 10.5. The molecule has 1 rings (SSSR count). The van der Waals surface area contributed by atoms with Crippen molar-refractivity contribution >= 4 is 6.09 Å². The Bertz CT molecular complexity index is 392. The van der Waals surface area contributed by atoms with Gasteiger partial charge in [0.15, 0.2) is 0 Å². The number of hydrogen-bond acceptors (Lipinski definition) is 4. The first-order chi connectivity index (χ1) is 8.12. The Morgan fingerprint density at radius 1 is 1.24 bits per heavy atom. The highest BCUT2D eigenvalue weighted by Crippen LogP contribution is 2.25. The first-order valence-electron chi connectivity index (χ1n) is 5.12. The third kappa shape index (κ3) is 3.27. The molecule has 0 N–H and O–H groups in total. The number of benzene rings is 1. The van der Waals surface area contributed by atoms with E-state index in [9.17, 15) is 4.79 Å². The van der Waals surface area contributed by atoms with Crippen LogP contribution in [0.1, 0.15) is 5.56 Å². The average Bonchev–Trinajstić information content (AvgIpc) is 2.37. The van der Waals surface area contributed by atoms with E-state index >= 15 is 0 Å². The summed E-state index contributed by atoms with van der Waals surface area (Å²) in [6.45, 7) is 0.396. The standard InChI is InChI=1S/C12H17NO4/c1-13(12(14)17-4)8-9-7-10(15-2)5-6-11(9)16-3/h5-7H,8H2,1-4H3. The summed E-state index contributed by atoms with van der Waals surface area (Å²) in [7, 11) is 6.19. The highest BCUT2D eigenvalue weighted by molar-refractivity contribution is 5.67. The molecule has 1 amide bonds. The lowest BCUT2D eigenvalue weighted by atomic mass is 10.2. The van der Waals surface area contributed by atoms with E-state index in [0.29, 0.717) is 12.3 Å². The van der Waals surface area contributed by atoms with Crippen LogP contribution < -0.4 is 9.47 Å². The number of carbonyl (C=O) groups is 1. The fourth-order valence-electron chi connectivity index (χ4n) is 1.48. The number of amides is 1. The molecule has 0 saturated carbocycles. The van der Waals surface area contributed by atoms with Crippen molar-refractivity contribution in [3.8, 4) is 11.5 Å². The number of methoxy groups -OCH3 is 3. The molecule has 0 aliphatic carbocycles. The SMILES string of the molecule is COC(=O)N(C)Cc1cc(OC)ccc1OC. The first kappa shape index (κ1) is 13.2. The van der Waals surface area contributed by atoms with Gasteiger partial charge in [-0.25, -0.2) is 4.79 Å². The second-order valence-electron chi connectivity index (χ2n) is 3.50. The smallest absolute Gasteiger partial charge is 0.409 e. The van der Waals surface area contributed by atoms with Crippen molar-refractivity contribution in [1.82, 2.24) is 4.90 Å². The van der Waals surface area contributed by atoms with Crippen LogP contribution in [0.25, 0.3) is 0 Å². The molecule has 0 aliphatic heterocycles. The van der Waals surface area contributed by atoms with Crippen molar-refractivity contribution in [1.29, 1.82) is 0 Å². The Morgan fingerprint density at radius 2 is 1.94 bits per heavy atom. The molecule has 0 fully saturated rings. The molecule has 0 heterocycles. The van der Waals surface area contributed by atoms with Crippen molar-refractivity contribution in [2.75, 3.05) is 28.4 Å². The van der Waals surface area contributed by atoms with Crippen molar-refractivity contribution in [2.45, 2.75) is 6.54 Å².